The van der Waals surface area contributed by atoms with Crippen LogP contribution < -0.4 is 0 Å². The smallest absolute Gasteiger partial charge is 0.100 e. The van der Waals surface area contributed by atoms with Gasteiger partial charge in [0.1, 0.15) is 6.10 Å². The van der Waals surface area contributed by atoms with Gasteiger partial charge in [-0.3, -0.25) is 0 Å². The van der Waals surface area contributed by atoms with Crippen LogP contribution in [0.4, 0.5) is 0 Å². The molecule has 1 aromatic rings. The van der Waals surface area contributed by atoms with Crippen LogP contribution in [0.25, 0.3) is 0 Å². The second kappa shape index (κ2) is 16.1. The Labute approximate surface area is 162 Å². The second-order valence-corrected chi connectivity index (χ2v) is 7.67. The molecule has 0 saturated carbocycles. The van der Waals surface area contributed by atoms with Gasteiger partial charge in [-0.2, -0.15) is 0 Å². The summed E-state index contributed by atoms with van der Waals surface area (Å²) in [4.78, 5) is 0. The van der Waals surface area contributed by atoms with Crippen LogP contribution in [0.15, 0.2) is 42.0 Å². The fraction of sp³-hybridized carbons (Fsp3) is 0.680. The molecular weight excluding hydrogens is 316 g/mol. The molecule has 26 heavy (non-hydrogen) atoms. The Morgan fingerprint density at radius 1 is 0.769 bits per heavy atom. The predicted molar refractivity (Wildman–Crippen MR) is 115 cm³/mol. The van der Waals surface area contributed by atoms with E-state index in [1.54, 1.807) is 0 Å². The van der Waals surface area contributed by atoms with Crippen molar-refractivity contribution in [3.05, 3.63) is 47.5 Å². The molecule has 0 radical (unpaired) electrons. The molecule has 1 unspecified atom stereocenters. The Morgan fingerprint density at radius 3 is 1.92 bits per heavy atom. The van der Waals surface area contributed by atoms with Crippen molar-refractivity contribution in [2.45, 2.75) is 110 Å². The summed E-state index contributed by atoms with van der Waals surface area (Å²) < 4.78 is 0. The molecule has 0 saturated heterocycles. The van der Waals surface area contributed by atoms with E-state index in [0.29, 0.717) is 0 Å². The first-order valence-electron chi connectivity index (χ1n) is 11.2. The van der Waals surface area contributed by atoms with Crippen molar-refractivity contribution >= 4 is 0 Å². The number of allylic oxidation sites excluding steroid dienone is 1. The zero-order chi connectivity index (χ0) is 18.9. The maximum Gasteiger partial charge on any atom is 0.100 e. The van der Waals surface area contributed by atoms with Crippen LogP contribution >= 0.6 is 0 Å². The van der Waals surface area contributed by atoms with Crippen molar-refractivity contribution < 1.29 is 5.11 Å². The Morgan fingerprint density at radius 2 is 1.31 bits per heavy atom. The predicted octanol–water partition coefficient (Wildman–Crippen LogP) is 8.15. The van der Waals surface area contributed by atoms with Gasteiger partial charge in [-0.1, -0.05) is 114 Å². The van der Waals surface area contributed by atoms with E-state index in [-0.39, 0.29) is 0 Å². The highest BCUT2D eigenvalue weighted by molar-refractivity contribution is 5.25. The molecule has 1 atom stereocenters. The van der Waals surface area contributed by atoms with E-state index >= 15 is 0 Å². The van der Waals surface area contributed by atoms with E-state index in [9.17, 15) is 5.11 Å². The average Bonchev–Trinajstić information content (AvgIpc) is 2.68. The first-order chi connectivity index (χ1) is 12.8. The lowest BCUT2D eigenvalue weighted by Gasteiger charge is -2.16. The normalized spacial score (nSPS) is 13.1. The van der Waals surface area contributed by atoms with Crippen LogP contribution in [-0.4, -0.2) is 5.11 Å². The average molecular weight is 359 g/mol. The van der Waals surface area contributed by atoms with Gasteiger partial charge in [0.25, 0.3) is 0 Å². The number of benzene rings is 1. The van der Waals surface area contributed by atoms with Crippen molar-refractivity contribution in [3.8, 4) is 0 Å². The molecule has 0 aromatic heterocycles. The van der Waals surface area contributed by atoms with Gasteiger partial charge in [0.15, 0.2) is 0 Å². The van der Waals surface area contributed by atoms with Crippen LogP contribution in [0, 0.1) is 0 Å². The molecule has 0 spiro atoms. The lowest BCUT2D eigenvalue weighted by molar-refractivity contribution is 0.210. The van der Waals surface area contributed by atoms with Crippen molar-refractivity contribution in [2.75, 3.05) is 0 Å². The minimum atomic E-state index is -0.424. The molecule has 0 fully saturated rings. The molecule has 0 heterocycles. The third kappa shape index (κ3) is 10.8. The van der Waals surface area contributed by atoms with Gasteiger partial charge in [-0.25, -0.2) is 0 Å². The highest BCUT2D eigenvalue weighted by Gasteiger charge is 2.12. The minimum Gasteiger partial charge on any atom is -0.384 e. The summed E-state index contributed by atoms with van der Waals surface area (Å²) in [6.07, 6.45) is 19.9. The standard InChI is InChI=1S/C25H42O/c1-3-5-7-9-10-11-12-13-16-20-23(19-15-8-6-4-2)25(26)24-21-17-14-18-22-24/h14,17-18,20-22,25-26H,3-13,15-16,19H2,1-2H3/b23-20+. The number of rotatable bonds is 16. The fourth-order valence-electron chi connectivity index (χ4n) is 3.52. The van der Waals surface area contributed by atoms with Gasteiger partial charge in [-0.05, 0) is 36.8 Å². The Hall–Kier alpha value is -1.08. The summed E-state index contributed by atoms with van der Waals surface area (Å²) in [6, 6.07) is 10.1. The lowest BCUT2D eigenvalue weighted by atomic mass is 9.95. The van der Waals surface area contributed by atoms with E-state index < -0.39 is 6.10 Å². The third-order valence-electron chi connectivity index (χ3n) is 5.25. The number of hydrogen-bond acceptors (Lipinski definition) is 1. The number of aliphatic hydroxyl groups is 1. The molecule has 1 aromatic carbocycles. The highest BCUT2D eigenvalue weighted by Crippen LogP contribution is 2.27. The van der Waals surface area contributed by atoms with Crippen LogP contribution in [0.2, 0.25) is 0 Å². The summed E-state index contributed by atoms with van der Waals surface area (Å²) >= 11 is 0. The molecule has 148 valence electrons. The summed E-state index contributed by atoms with van der Waals surface area (Å²) in [5.41, 5.74) is 2.26. The van der Waals surface area contributed by atoms with Gasteiger partial charge >= 0.3 is 0 Å². The molecule has 0 amide bonds. The first-order valence-corrected chi connectivity index (χ1v) is 11.2. The largest absolute Gasteiger partial charge is 0.384 e. The maximum absolute atomic E-state index is 10.8. The fourth-order valence-corrected chi connectivity index (χ4v) is 3.52. The van der Waals surface area contributed by atoms with Crippen molar-refractivity contribution in [2.24, 2.45) is 0 Å². The molecule has 0 aliphatic heterocycles. The summed E-state index contributed by atoms with van der Waals surface area (Å²) in [6.45, 7) is 4.52. The van der Waals surface area contributed by atoms with Gasteiger partial charge in [0.05, 0.1) is 0 Å². The molecule has 0 aliphatic rings. The van der Waals surface area contributed by atoms with Crippen LogP contribution in [0.5, 0.6) is 0 Å². The van der Waals surface area contributed by atoms with Gasteiger partial charge in [0, 0.05) is 0 Å². The van der Waals surface area contributed by atoms with Crippen molar-refractivity contribution in [3.63, 3.8) is 0 Å². The molecule has 1 nitrogen and oxygen atoms in total. The Bertz CT molecular complexity index is 448. The molecule has 0 aliphatic carbocycles. The highest BCUT2D eigenvalue weighted by atomic mass is 16.3. The van der Waals surface area contributed by atoms with Crippen molar-refractivity contribution in [1.82, 2.24) is 0 Å². The van der Waals surface area contributed by atoms with E-state index in [1.165, 1.54) is 82.6 Å². The molecular formula is C25H42O. The van der Waals surface area contributed by atoms with Crippen LogP contribution in [-0.2, 0) is 0 Å². The Balaban J connectivity index is 2.38. The molecule has 1 N–H and O–H groups in total. The SMILES string of the molecule is CCCCCCCCCC/C=C(\CCCCCC)C(O)c1ccccc1. The van der Waals surface area contributed by atoms with Gasteiger partial charge < -0.3 is 5.11 Å². The zero-order valence-corrected chi connectivity index (χ0v) is 17.4. The van der Waals surface area contributed by atoms with Gasteiger partial charge in [0.2, 0.25) is 0 Å². The maximum atomic E-state index is 10.8. The number of hydrogen-bond donors (Lipinski definition) is 1. The Kier molecular flexibility index (Phi) is 14.2. The summed E-state index contributed by atoms with van der Waals surface area (Å²) in [5, 5.41) is 10.8. The lowest BCUT2D eigenvalue weighted by Crippen LogP contribution is -2.02. The van der Waals surface area contributed by atoms with Crippen LogP contribution in [0.1, 0.15) is 115 Å². The van der Waals surface area contributed by atoms with E-state index in [2.05, 4.69) is 19.9 Å². The third-order valence-corrected chi connectivity index (χ3v) is 5.25. The quantitative estimate of drug-likeness (QED) is 0.233. The number of aliphatic hydroxyl groups excluding tert-OH is 1. The molecule has 1 heteroatoms. The molecule has 1 rings (SSSR count). The monoisotopic (exact) mass is 358 g/mol. The van der Waals surface area contributed by atoms with Crippen LogP contribution in [0.3, 0.4) is 0 Å². The number of unbranched alkanes of at least 4 members (excludes halogenated alkanes) is 11. The second-order valence-electron chi connectivity index (χ2n) is 7.67. The van der Waals surface area contributed by atoms with E-state index in [1.807, 2.05) is 30.3 Å². The topological polar surface area (TPSA) is 20.2 Å². The van der Waals surface area contributed by atoms with E-state index in [4.69, 9.17) is 0 Å². The summed E-state index contributed by atoms with van der Waals surface area (Å²) in [5.74, 6) is 0. The zero-order valence-electron chi connectivity index (χ0n) is 17.4. The minimum absolute atomic E-state index is 0.424. The van der Waals surface area contributed by atoms with E-state index in [0.717, 1.165) is 18.4 Å². The first kappa shape index (κ1) is 23.0. The molecule has 0 bridgehead atoms. The summed E-state index contributed by atoms with van der Waals surface area (Å²) in [7, 11) is 0. The van der Waals surface area contributed by atoms with Crippen molar-refractivity contribution in [1.29, 1.82) is 0 Å². The van der Waals surface area contributed by atoms with Gasteiger partial charge in [-0.15, -0.1) is 0 Å².